The fourth-order valence-corrected chi connectivity index (χ4v) is 1.18. The van der Waals surface area contributed by atoms with Gasteiger partial charge in [0.2, 0.25) is 11.5 Å². The van der Waals surface area contributed by atoms with Crippen LogP contribution in [0.4, 0.5) is 5.69 Å². The average molecular weight is 280 g/mol. The molecule has 1 N–H and O–H groups in total. The van der Waals surface area contributed by atoms with Crippen molar-refractivity contribution in [1.82, 2.24) is 0 Å². The van der Waals surface area contributed by atoms with Gasteiger partial charge in [0.15, 0.2) is 0 Å². The first-order valence-corrected chi connectivity index (χ1v) is 5.64. The minimum absolute atomic E-state index is 0.0947. The van der Waals surface area contributed by atoms with Crippen molar-refractivity contribution in [1.29, 1.82) is 5.26 Å². The molecule has 0 bridgehead atoms. The number of halogens is 1. The Balaban J connectivity index is 3.00. The molecule has 0 fully saturated rings. The molecule has 19 heavy (non-hydrogen) atoms. The molecule has 0 aliphatic rings. The number of aliphatic hydroxyl groups is 1. The van der Waals surface area contributed by atoms with Crippen LogP contribution in [-0.4, -0.2) is 17.7 Å². The molecule has 7 heteroatoms. The number of rotatable bonds is 4. The van der Waals surface area contributed by atoms with Crippen LogP contribution >= 0.6 is 11.6 Å². The Kier molecular flexibility index (Phi) is 5.51. The minimum atomic E-state index is -0.917. The van der Waals surface area contributed by atoms with Gasteiger partial charge in [-0.1, -0.05) is 11.6 Å². The molecule has 1 aromatic rings. The van der Waals surface area contributed by atoms with Gasteiger partial charge in [-0.05, 0) is 31.2 Å². The second-order valence-corrected chi connectivity index (χ2v) is 3.64. The van der Waals surface area contributed by atoms with Gasteiger partial charge in [-0.15, -0.1) is 5.11 Å². The zero-order valence-corrected chi connectivity index (χ0v) is 10.8. The number of hydrogen-bond acceptors (Lipinski definition) is 6. The highest BCUT2D eigenvalue weighted by atomic mass is 35.5. The van der Waals surface area contributed by atoms with E-state index in [9.17, 15) is 9.90 Å². The highest BCUT2D eigenvalue weighted by Crippen LogP contribution is 2.18. The van der Waals surface area contributed by atoms with Crippen molar-refractivity contribution < 1.29 is 14.6 Å². The Labute approximate surface area is 114 Å². The van der Waals surface area contributed by atoms with Crippen LogP contribution in [0.15, 0.2) is 46.0 Å². The number of nitrogens with zero attached hydrogens (tertiary/aromatic N) is 3. The van der Waals surface area contributed by atoms with Crippen LogP contribution in [0, 0.1) is 11.3 Å². The maximum absolute atomic E-state index is 11.5. The van der Waals surface area contributed by atoms with E-state index in [1.807, 2.05) is 0 Å². The van der Waals surface area contributed by atoms with Crippen LogP contribution in [0.2, 0.25) is 5.02 Å². The molecule has 0 heterocycles. The summed E-state index contributed by atoms with van der Waals surface area (Å²) in [5.74, 6) is -1.77. The molecular formula is C12H10ClN3O3. The number of esters is 1. The Bertz CT molecular complexity index is 559. The maximum atomic E-state index is 11.5. The van der Waals surface area contributed by atoms with E-state index in [0.29, 0.717) is 10.7 Å². The summed E-state index contributed by atoms with van der Waals surface area (Å²) in [6.07, 6.45) is 0. The topological polar surface area (TPSA) is 95.0 Å². The standard InChI is InChI=1S/C12H10ClN3O3/c1-2-19-12(18)11(10(17)7-14)16-15-9-5-3-8(13)4-6-9/h3-6,17H,2H2,1H3/b11-10-,16-15?. The summed E-state index contributed by atoms with van der Waals surface area (Å²) >= 11 is 5.70. The summed E-state index contributed by atoms with van der Waals surface area (Å²) in [5, 5.41) is 25.6. The molecule has 0 aliphatic carbocycles. The Morgan fingerprint density at radius 3 is 2.63 bits per heavy atom. The molecule has 0 amide bonds. The highest BCUT2D eigenvalue weighted by molar-refractivity contribution is 6.30. The van der Waals surface area contributed by atoms with Crippen LogP contribution in [0.5, 0.6) is 0 Å². The molecule has 0 unspecified atom stereocenters. The van der Waals surface area contributed by atoms with E-state index in [4.69, 9.17) is 16.9 Å². The zero-order chi connectivity index (χ0) is 14.3. The molecule has 0 aromatic heterocycles. The fourth-order valence-electron chi connectivity index (χ4n) is 1.05. The maximum Gasteiger partial charge on any atom is 0.363 e. The lowest BCUT2D eigenvalue weighted by Gasteiger charge is -2.00. The van der Waals surface area contributed by atoms with Gasteiger partial charge in [-0.2, -0.15) is 10.4 Å². The van der Waals surface area contributed by atoms with Crippen LogP contribution in [0.3, 0.4) is 0 Å². The van der Waals surface area contributed by atoms with Gasteiger partial charge in [0.25, 0.3) is 0 Å². The van der Waals surface area contributed by atoms with Crippen molar-refractivity contribution in [3.63, 3.8) is 0 Å². The van der Waals surface area contributed by atoms with Gasteiger partial charge in [-0.25, -0.2) is 4.79 Å². The summed E-state index contributed by atoms with van der Waals surface area (Å²) in [5.41, 5.74) is -0.128. The minimum Gasteiger partial charge on any atom is -0.498 e. The molecule has 0 aliphatic heterocycles. The normalized spacial score (nSPS) is 11.8. The lowest BCUT2D eigenvalue weighted by atomic mass is 10.3. The number of allylic oxidation sites excluding steroid dienone is 1. The van der Waals surface area contributed by atoms with Gasteiger partial charge in [0.1, 0.15) is 6.07 Å². The summed E-state index contributed by atoms with van der Waals surface area (Å²) in [6.45, 7) is 1.69. The van der Waals surface area contributed by atoms with E-state index in [1.165, 1.54) is 6.07 Å². The van der Waals surface area contributed by atoms with E-state index in [1.54, 1.807) is 31.2 Å². The summed E-state index contributed by atoms with van der Waals surface area (Å²) < 4.78 is 4.65. The van der Waals surface area contributed by atoms with Crippen molar-refractivity contribution in [3.05, 3.63) is 40.7 Å². The first-order valence-electron chi connectivity index (χ1n) is 5.26. The molecule has 0 saturated carbocycles. The monoisotopic (exact) mass is 279 g/mol. The van der Waals surface area contributed by atoms with E-state index >= 15 is 0 Å². The first-order chi connectivity index (χ1) is 9.08. The predicted octanol–water partition coefficient (Wildman–Crippen LogP) is 3.28. The molecule has 0 radical (unpaired) electrons. The summed E-state index contributed by atoms with van der Waals surface area (Å²) in [7, 11) is 0. The number of benzene rings is 1. The smallest absolute Gasteiger partial charge is 0.363 e. The Morgan fingerprint density at radius 1 is 1.47 bits per heavy atom. The Morgan fingerprint density at radius 2 is 2.11 bits per heavy atom. The summed E-state index contributed by atoms with van der Waals surface area (Å²) in [6, 6.07) is 7.73. The molecule has 1 rings (SSSR count). The summed E-state index contributed by atoms with van der Waals surface area (Å²) in [4.78, 5) is 11.5. The van der Waals surface area contributed by atoms with Crippen LogP contribution in [0.25, 0.3) is 0 Å². The fraction of sp³-hybridized carbons (Fsp3) is 0.167. The average Bonchev–Trinajstić information content (AvgIpc) is 2.41. The third-order valence-electron chi connectivity index (χ3n) is 1.89. The lowest BCUT2D eigenvalue weighted by molar-refractivity contribution is -0.138. The third kappa shape index (κ3) is 4.41. The molecule has 6 nitrogen and oxygen atoms in total. The van der Waals surface area contributed by atoms with Gasteiger partial charge in [-0.3, -0.25) is 0 Å². The number of carbonyl (C=O) groups is 1. The number of hydrogen-bond donors (Lipinski definition) is 1. The Hall–Kier alpha value is -2.39. The van der Waals surface area contributed by atoms with E-state index in [-0.39, 0.29) is 6.61 Å². The number of nitriles is 1. The van der Waals surface area contributed by atoms with Crippen LogP contribution < -0.4 is 0 Å². The second-order valence-electron chi connectivity index (χ2n) is 3.21. The van der Waals surface area contributed by atoms with Gasteiger partial charge < -0.3 is 9.84 Å². The van der Waals surface area contributed by atoms with Crippen molar-refractivity contribution in [2.45, 2.75) is 6.92 Å². The molecule has 98 valence electrons. The molecule has 0 spiro atoms. The molecule has 1 aromatic carbocycles. The number of carbonyl (C=O) groups excluding carboxylic acids is 1. The predicted molar refractivity (Wildman–Crippen MR) is 67.9 cm³/mol. The van der Waals surface area contributed by atoms with Crippen LogP contribution in [-0.2, 0) is 9.53 Å². The molecule has 0 saturated heterocycles. The van der Waals surface area contributed by atoms with E-state index < -0.39 is 17.4 Å². The van der Waals surface area contributed by atoms with Crippen LogP contribution in [0.1, 0.15) is 6.92 Å². The van der Waals surface area contributed by atoms with Crippen molar-refractivity contribution in [3.8, 4) is 6.07 Å². The number of ether oxygens (including phenoxy) is 1. The third-order valence-corrected chi connectivity index (χ3v) is 2.14. The van der Waals surface area contributed by atoms with Crippen molar-refractivity contribution in [2.75, 3.05) is 6.61 Å². The first kappa shape index (κ1) is 14.7. The zero-order valence-electron chi connectivity index (χ0n) is 10.00. The van der Waals surface area contributed by atoms with Crippen molar-refractivity contribution >= 4 is 23.3 Å². The van der Waals surface area contributed by atoms with Gasteiger partial charge in [0, 0.05) is 5.02 Å². The van der Waals surface area contributed by atoms with Gasteiger partial charge in [0.05, 0.1) is 12.3 Å². The van der Waals surface area contributed by atoms with Crippen molar-refractivity contribution in [2.24, 2.45) is 10.2 Å². The largest absolute Gasteiger partial charge is 0.498 e. The second kappa shape index (κ2) is 7.13. The highest BCUT2D eigenvalue weighted by Gasteiger charge is 2.16. The van der Waals surface area contributed by atoms with E-state index in [2.05, 4.69) is 15.0 Å². The molecule has 0 atom stereocenters. The molecular weight excluding hydrogens is 270 g/mol. The number of aliphatic hydroxyl groups excluding tert-OH is 1. The SMILES string of the molecule is CCOC(=O)/C(N=Nc1ccc(Cl)cc1)=C(/O)C#N. The number of azo groups is 1. The van der Waals surface area contributed by atoms with Gasteiger partial charge >= 0.3 is 5.97 Å². The lowest BCUT2D eigenvalue weighted by Crippen LogP contribution is -2.08. The van der Waals surface area contributed by atoms with E-state index in [0.717, 1.165) is 0 Å². The quantitative estimate of drug-likeness (QED) is 0.228.